The number of hydrogen-bond acceptors (Lipinski definition) is 5. The Labute approximate surface area is 169 Å². The molecule has 0 saturated heterocycles. The van der Waals surface area contributed by atoms with Crippen LogP contribution >= 0.6 is 0 Å². The van der Waals surface area contributed by atoms with Gasteiger partial charge in [0.2, 0.25) is 11.8 Å². The Morgan fingerprint density at radius 3 is 2.50 bits per heavy atom. The van der Waals surface area contributed by atoms with Crippen LogP contribution in [0.1, 0.15) is 22.6 Å². The minimum absolute atomic E-state index is 0.0271. The molecule has 0 fully saturated rings. The van der Waals surface area contributed by atoms with E-state index in [-0.39, 0.29) is 22.9 Å². The number of nitriles is 1. The Morgan fingerprint density at radius 2 is 1.87 bits per heavy atom. The number of halogens is 3. The van der Waals surface area contributed by atoms with Crippen molar-refractivity contribution in [2.24, 2.45) is 5.73 Å². The van der Waals surface area contributed by atoms with Crippen LogP contribution in [-0.2, 0) is 6.18 Å². The lowest BCUT2D eigenvalue weighted by atomic mass is 9.81. The van der Waals surface area contributed by atoms with E-state index in [9.17, 15) is 18.4 Å². The number of ether oxygens (including phenoxy) is 2. The Morgan fingerprint density at radius 1 is 1.17 bits per heavy atom. The number of fused-ring (bicyclic) bond motifs is 1. The number of nitrogens with two attached hydrogens (primary N) is 1. The highest BCUT2D eigenvalue weighted by atomic mass is 19.4. The normalized spacial score (nSPS) is 15.9. The van der Waals surface area contributed by atoms with E-state index in [1.54, 1.807) is 24.3 Å². The van der Waals surface area contributed by atoms with Crippen molar-refractivity contribution in [1.82, 2.24) is 10.2 Å². The van der Waals surface area contributed by atoms with Crippen LogP contribution in [0.3, 0.4) is 0 Å². The highest BCUT2D eigenvalue weighted by molar-refractivity contribution is 5.71. The molecule has 1 atom stereocenters. The standard InChI is InChI=1S/C21H15F3N4O2/c1-29-12-8-6-11(7-9-12)18-17-16(13-4-2-3-5-15(13)21(22,23)24)14(10-25)19(26)30-20(17)28-27-18/h2-9,16H,26H2,1H3,(H,27,28)/t16-/m0/s1. The maximum atomic E-state index is 13.7. The third-order valence-electron chi connectivity index (χ3n) is 4.89. The van der Waals surface area contributed by atoms with Crippen LogP contribution in [0.4, 0.5) is 13.2 Å². The van der Waals surface area contributed by atoms with Crippen molar-refractivity contribution in [3.8, 4) is 29.0 Å². The van der Waals surface area contributed by atoms with Gasteiger partial charge in [-0.15, -0.1) is 5.10 Å². The summed E-state index contributed by atoms with van der Waals surface area (Å²) in [5.41, 5.74) is 6.16. The molecule has 4 rings (SSSR count). The Kier molecular flexibility index (Phi) is 4.62. The molecule has 0 amide bonds. The number of alkyl halides is 3. The number of nitrogens with one attached hydrogen (secondary N) is 1. The molecule has 0 aliphatic carbocycles. The Balaban J connectivity index is 1.97. The SMILES string of the molecule is COc1ccc(-c2[nH]nc3c2[C@@H](c2ccccc2C(F)(F)F)C(C#N)=C(N)O3)cc1. The van der Waals surface area contributed by atoms with Gasteiger partial charge in [0.05, 0.1) is 29.8 Å². The molecule has 3 N–H and O–H groups in total. The number of hydrogen-bond donors (Lipinski definition) is 2. The minimum Gasteiger partial charge on any atom is -0.497 e. The van der Waals surface area contributed by atoms with Crippen molar-refractivity contribution in [2.75, 3.05) is 7.11 Å². The van der Waals surface area contributed by atoms with Gasteiger partial charge in [-0.3, -0.25) is 5.10 Å². The van der Waals surface area contributed by atoms with Crippen molar-refractivity contribution in [2.45, 2.75) is 12.1 Å². The number of benzene rings is 2. The smallest absolute Gasteiger partial charge is 0.416 e. The summed E-state index contributed by atoms with van der Waals surface area (Å²) >= 11 is 0. The summed E-state index contributed by atoms with van der Waals surface area (Å²) < 4.78 is 51.8. The molecule has 0 unspecified atom stereocenters. The molecule has 3 aromatic rings. The van der Waals surface area contributed by atoms with E-state index in [1.165, 1.54) is 25.3 Å². The fourth-order valence-corrected chi connectivity index (χ4v) is 3.54. The number of rotatable bonds is 3. The van der Waals surface area contributed by atoms with E-state index in [4.69, 9.17) is 15.2 Å². The van der Waals surface area contributed by atoms with Gasteiger partial charge in [0.15, 0.2) is 0 Å². The number of aromatic amines is 1. The van der Waals surface area contributed by atoms with Crippen LogP contribution in [0.2, 0.25) is 0 Å². The van der Waals surface area contributed by atoms with Crippen LogP contribution in [0, 0.1) is 11.3 Å². The third-order valence-corrected chi connectivity index (χ3v) is 4.89. The molecule has 6 nitrogen and oxygen atoms in total. The summed E-state index contributed by atoms with van der Waals surface area (Å²) in [5, 5.41) is 16.6. The molecule has 30 heavy (non-hydrogen) atoms. The van der Waals surface area contributed by atoms with E-state index >= 15 is 0 Å². The van der Waals surface area contributed by atoms with E-state index in [0.29, 0.717) is 22.6 Å². The molecule has 0 bridgehead atoms. The summed E-state index contributed by atoms with van der Waals surface area (Å²) in [6.07, 6.45) is -4.62. The maximum Gasteiger partial charge on any atom is 0.416 e. The predicted octanol–water partition coefficient (Wildman–Crippen LogP) is 4.32. The highest BCUT2D eigenvalue weighted by Crippen LogP contribution is 2.48. The Bertz CT molecular complexity index is 1170. The zero-order valence-corrected chi connectivity index (χ0v) is 15.6. The molecule has 2 heterocycles. The van der Waals surface area contributed by atoms with Gasteiger partial charge in [-0.2, -0.15) is 18.4 Å². The second-order valence-corrected chi connectivity index (χ2v) is 6.56. The second-order valence-electron chi connectivity index (χ2n) is 6.56. The van der Waals surface area contributed by atoms with Gasteiger partial charge in [0.1, 0.15) is 17.4 Å². The van der Waals surface area contributed by atoms with Gasteiger partial charge < -0.3 is 15.2 Å². The van der Waals surface area contributed by atoms with Crippen molar-refractivity contribution in [3.63, 3.8) is 0 Å². The second kappa shape index (κ2) is 7.15. The van der Waals surface area contributed by atoms with Crippen LogP contribution in [0.15, 0.2) is 60.0 Å². The van der Waals surface area contributed by atoms with Gasteiger partial charge in [-0.05, 0) is 35.9 Å². The molecular formula is C21H15F3N4O2. The average Bonchev–Trinajstić information content (AvgIpc) is 3.15. The number of methoxy groups -OCH3 is 1. The summed E-state index contributed by atoms with van der Waals surface area (Å²) in [7, 11) is 1.53. The fraction of sp³-hybridized carbons (Fsp3) is 0.143. The number of nitrogens with zero attached hydrogens (tertiary/aromatic N) is 2. The molecule has 1 aliphatic heterocycles. The zero-order chi connectivity index (χ0) is 21.5. The van der Waals surface area contributed by atoms with Gasteiger partial charge in [-0.25, -0.2) is 0 Å². The Hall–Kier alpha value is -3.93. The van der Waals surface area contributed by atoms with Crippen molar-refractivity contribution >= 4 is 0 Å². The molecule has 1 aliphatic rings. The first kappa shape index (κ1) is 19.4. The number of H-pyrrole nitrogens is 1. The van der Waals surface area contributed by atoms with Gasteiger partial charge in [0.25, 0.3) is 0 Å². The number of allylic oxidation sites excluding steroid dienone is 1. The van der Waals surface area contributed by atoms with Gasteiger partial charge >= 0.3 is 6.18 Å². The average molecular weight is 412 g/mol. The molecular weight excluding hydrogens is 397 g/mol. The molecule has 0 saturated carbocycles. The summed E-state index contributed by atoms with van der Waals surface area (Å²) in [5.74, 6) is -0.740. The molecule has 2 aromatic carbocycles. The summed E-state index contributed by atoms with van der Waals surface area (Å²) in [6, 6.07) is 13.9. The lowest BCUT2D eigenvalue weighted by Crippen LogP contribution is -2.23. The van der Waals surface area contributed by atoms with E-state index in [2.05, 4.69) is 10.2 Å². The van der Waals surface area contributed by atoms with Crippen LogP contribution < -0.4 is 15.2 Å². The lowest BCUT2D eigenvalue weighted by molar-refractivity contribution is -0.138. The van der Waals surface area contributed by atoms with Crippen LogP contribution in [-0.4, -0.2) is 17.3 Å². The topological polar surface area (TPSA) is 97.0 Å². The van der Waals surface area contributed by atoms with Gasteiger partial charge in [0, 0.05) is 5.56 Å². The first-order chi connectivity index (χ1) is 14.3. The van der Waals surface area contributed by atoms with Crippen LogP contribution in [0.25, 0.3) is 11.3 Å². The fourth-order valence-electron chi connectivity index (χ4n) is 3.54. The summed E-state index contributed by atoms with van der Waals surface area (Å²) in [4.78, 5) is 0. The van der Waals surface area contributed by atoms with E-state index in [0.717, 1.165) is 6.07 Å². The van der Waals surface area contributed by atoms with Crippen molar-refractivity contribution in [1.29, 1.82) is 5.26 Å². The predicted molar refractivity (Wildman–Crippen MR) is 101 cm³/mol. The molecule has 1 aromatic heterocycles. The number of aromatic nitrogens is 2. The minimum atomic E-state index is -4.62. The largest absolute Gasteiger partial charge is 0.497 e. The first-order valence-corrected chi connectivity index (χ1v) is 8.81. The molecule has 152 valence electrons. The molecule has 0 spiro atoms. The third kappa shape index (κ3) is 3.12. The van der Waals surface area contributed by atoms with Crippen molar-refractivity contribution < 1.29 is 22.6 Å². The molecule has 9 heteroatoms. The van der Waals surface area contributed by atoms with Crippen molar-refractivity contribution in [3.05, 3.63) is 76.7 Å². The zero-order valence-electron chi connectivity index (χ0n) is 15.6. The quantitative estimate of drug-likeness (QED) is 0.668. The van der Waals surface area contributed by atoms with Gasteiger partial charge in [-0.1, -0.05) is 18.2 Å². The van der Waals surface area contributed by atoms with E-state index < -0.39 is 17.7 Å². The van der Waals surface area contributed by atoms with Crippen LogP contribution in [0.5, 0.6) is 11.6 Å². The first-order valence-electron chi connectivity index (χ1n) is 8.81. The van der Waals surface area contributed by atoms with E-state index in [1.807, 2.05) is 6.07 Å². The molecule has 0 radical (unpaired) electrons. The maximum absolute atomic E-state index is 13.7. The highest BCUT2D eigenvalue weighted by Gasteiger charge is 2.41. The lowest BCUT2D eigenvalue weighted by Gasteiger charge is -2.26. The summed E-state index contributed by atoms with van der Waals surface area (Å²) in [6.45, 7) is 0. The monoisotopic (exact) mass is 412 g/mol.